The van der Waals surface area contributed by atoms with Gasteiger partial charge in [-0.05, 0) is 24.3 Å². The van der Waals surface area contributed by atoms with Crippen LogP contribution in [0.1, 0.15) is 10.4 Å². The molecule has 0 aliphatic heterocycles. The third-order valence-electron chi connectivity index (χ3n) is 2.45. The van der Waals surface area contributed by atoms with Gasteiger partial charge in [-0.2, -0.15) is 0 Å². The molecule has 0 spiro atoms. The lowest BCUT2D eigenvalue weighted by atomic mass is 10.2. The number of hydrogen-bond acceptors (Lipinski definition) is 4. The molecular weight excluding hydrogens is 323 g/mol. The van der Waals surface area contributed by atoms with Gasteiger partial charge in [0.25, 0.3) is 10.0 Å². The fourth-order valence-corrected chi connectivity index (χ4v) is 2.75. The molecule has 0 bridgehead atoms. The van der Waals surface area contributed by atoms with Gasteiger partial charge in [0.05, 0.1) is 17.4 Å². The van der Waals surface area contributed by atoms with Crippen LogP contribution in [0.2, 0.25) is 5.02 Å². The molecule has 0 aliphatic rings. The lowest BCUT2D eigenvalue weighted by molar-refractivity contribution is 0.0698. The van der Waals surface area contributed by atoms with Gasteiger partial charge in [-0.15, -0.1) is 0 Å². The Morgan fingerprint density at radius 1 is 1.29 bits per heavy atom. The Hall–Kier alpha value is -2.19. The van der Waals surface area contributed by atoms with Gasteiger partial charge in [0.2, 0.25) is 0 Å². The number of nitrogens with zero attached hydrogens (tertiary/aromatic N) is 1. The number of anilines is 1. The van der Waals surface area contributed by atoms with E-state index in [1.54, 1.807) is 0 Å². The molecule has 0 aliphatic carbocycles. The third kappa shape index (κ3) is 3.47. The fourth-order valence-electron chi connectivity index (χ4n) is 1.53. The summed E-state index contributed by atoms with van der Waals surface area (Å²) in [6.45, 7) is 0. The summed E-state index contributed by atoms with van der Waals surface area (Å²) in [4.78, 5) is 14.1. The van der Waals surface area contributed by atoms with Crippen molar-refractivity contribution in [2.24, 2.45) is 0 Å². The molecule has 9 heteroatoms. The van der Waals surface area contributed by atoms with E-state index in [1.165, 1.54) is 12.1 Å². The second-order valence-corrected chi connectivity index (χ2v) is 6.06. The van der Waals surface area contributed by atoms with E-state index >= 15 is 0 Å². The summed E-state index contributed by atoms with van der Waals surface area (Å²) in [5.41, 5.74) is -0.508. The lowest BCUT2D eigenvalue weighted by Gasteiger charge is -2.10. The summed E-state index contributed by atoms with van der Waals surface area (Å²) in [5.74, 6) is -2.18. The van der Waals surface area contributed by atoms with Gasteiger partial charge in [-0.25, -0.2) is 17.6 Å². The normalized spacial score (nSPS) is 11.1. The summed E-state index contributed by atoms with van der Waals surface area (Å²) in [6.07, 6.45) is 1.80. The number of rotatable bonds is 4. The van der Waals surface area contributed by atoms with Crippen LogP contribution in [0.5, 0.6) is 0 Å². The van der Waals surface area contributed by atoms with Gasteiger partial charge < -0.3 is 5.11 Å². The average Bonchev–Trinajstić information content (AvgIpc) is 2.40. The number of carbonyl (C=O) groups is 1. The predicted octanol–water partition coefficient (Wildman–Crippen LogP) is 2.37. The predicted molar refractivity (Wildman–Crippen MR) is 73.4 cm³/mol. The summed E-state index contributed by atoms with van der Waals surface area (Å²) in [7, 11) is -4.16. The molecule has 1 aromatic heterocycles. The molecule has 0 saturated carbocycles. The molecular formula is C12H8ClFN2O4S. The summed E-state index contributed by atoms with van der Waals surface area (Å²) < 4.78 is 39.2. The minimum Gasteiger partial charge on any atom is -0.478 e. The second kappa shape index (κ2) is 5.66. The van der Waals surface area contributed by atoms with Crippen molar-refractivity contribution in [3.05, 3.63) is 53.1 Å². The Balaban J connectivity index is 2.44. The van der Waals surface area contributed by atoms with Crippen molar-refractivity contribution >= 4 is 33.3 Å². The topological polar surface area (TPSA) is 96.4 Å². The first-order valence-corrected chi connectivity index (χ1v) is 7.32. The van der Waals surface area contributed by atoms with Crippen LogP contribution >= 0.6 is 11.6 Å². The number of aromatic nitrogens is 1. The summed E-state index contributed by atoms with van der Waals surface area (Å²) in [6, 6.07) is 4.41. The van der Waals surface area contributed by atoms with Gasteiger partial charge >= 0.3 is 5.97 Å². The number of carboxylic acids is 1. The molecule has 0 amide bonds. The van der Waals surface area contributed by atoms with Gasteiger partial charge in [-0.1, -0.05) is 11.6 Å². The highest BCUT2D eigenvalue weighted by molar-refractivity contribution is 7.92. The molecule has 21 heavy (non-hydrogen) atoms. The number of sulfonamides is 1. The van der Waals surface area contributed by atoms with Crippen LogP contribution in [0.3, 0.4) is 0 Å². The van der Waals surface area contributed by atoms with E-state index in [9.17, 15) is 17.6 Å². The van der Waals surface area contributed by atoms with E-state index in [4.69, 9.17) is 16.7 Å². The van der Waals surface area contributed by atoms with Crippen LogP contribution in [0.15, 0.2) is 41.6 Å². The number of nitrogens with one attached hydrogen (secondary N) is 1. The zero-order valence-electron chi connectivity index (χ0n) is 10.2. The maximum atomic E-state index is 13.0. The molecule has 2 rings (SSSR count). The lowest BCUT2D eigenvalue weighted by Crippen LogP contribution is -2.16. The van der Waals surface area contributed by atoms with Crippen LogP contribution < -0.4 is 4.72 Å². The SMILES string of the molecule is O=C(O)c1cc(Cl)ccc1NS(=O)(=O)c1cncc(F)c1. The Morgan fingerprint density at radius 3 is 2.62 bits per heavy atom. The quantitative estimate of drug-likeness (QED) is 0.897. The van der Waals surface area contributed by atoms with Crippen molar-refractivity contribution in [2.45, 2.75) is 4.90 Å². The molecule has 0 fully saturated rings. The van der Waals surface area contributed by atoms with E-state index in [2.05, 4.69) is 9.71 Å². The molecule has 2 N–H and O–H groups in total. The highest BCUT2D eigenvalue weighted by Crippen LogP contribution is 2.23. The number of hydrogen-bond donors (Lipinski definition) is 2. The molecule has 110 valence electrons. The standard InChI is InChI=1S/C12H8ClFN2O4S/c13-7-1-2-11(10(3-7)12(17)18)16-21(19,20)9-4-8(14)5-15-6-9/h1-6,16H,(H,17,18). The zero-order valence-corrected chi connectivity index (χ0v) is 11.8. The van der Waals surface area contributed by atoms with Gasteiger partial charge in [-0.3, -0.25) is 9.71 Å². The van der Waals surface area contributed by atoms with E-state index in [1.807, 2.05) is 0 Å². The highest BCUT2D eigenvalue weighted by atomic mass is 35.5. The number of carboxylic acid groups (broad SMARTS) is 1. The van der Waals surface area contributed by atoms with E-state index in [0.717, 1.165) is 24.5 Å². The van der Waals surface area contributed by atoms with Crippen LogP contribution in [0.4, 0.5) is 10.1 Å². The van der Waals surface area contributed by atoms with Crippen LogP contribution in [-0.2, 0) is 10.0 Å². The maximum absolute atomic E-state index is 13.0. The molecule has 2 aromatic rings. The smallest absolute Gasteiger partial charge is 0.337 e. The number of pyridine rings is 1. The maximum Gasteiger partial charge on any atom is 0.337 e. The minimum absolute atomic E-state index is 0.141. The summed E-state index contributed by atoms with van der Waals surface area (Å²) in [5, 5.41) is 9.18. The first kappa shape index (κ1) is 15.2. The molecule has 0 radical (unpaired) electrons. The number of benzene rings is 1. The molecule has 0 unspecified atom stereocenters. The van der Waals surface area contributed by atoms with Crippen molar-refractivity contribution in [1.29, 1.82) is 0 Å². The fraction of sp³-hybridized carbons (Fsp3) is 0. The Kier molecular flexibility index (Phi) is 4.10. The Bertz CT molecular complexity index is 811. The number of halogens is 2. The molecule has 1 heterocycles. The van der Waals surface area contributed by atoms with Gasteiger partial charge in [0.15, 0.2) is 0 Å². The van der Waals surface area contributed by atoms with Crippen molar-refractivity contribution in [1.82, 2.24) is 4.98 Å². The van der Waals surface area contributed by atoms with Crippen molar-refractivity contribution < 1.29 is 22.7 Å². The molecule has 6 nitrogen and oxygen atoms in total. The van der Waals surface area contributed by atoms with Crippen LogP contribution in [0.25, 0.3) is 0 Å². The van der Waals surface area contributed by atoms with Gasteiger partial charge in [0, 0.05) is 11.2 Å². The van der Waals surface area contributed by atoms with Crippen molar-refractivity contribution in [3.63, 3.8) is 0 Å². The highest BCUT2D eigenvalue weighted by Gasteiger charge is 2.19. The van der Waals surface area contributed by atoms with E-state index in [-0.39, 0.29) is 16.3 Å². The van der Waals surface area contributed by atoms with Crippen LogP contribution in [-0.4, -0.2) is 24.5 Å². The second-order valence-electron chi connectivity index (χ2n) is 3.94. The monoisotopic (exact) mass is 330 g/mol. The molecule has 0 atom stereocenters. The zero-order chi connectivity index (χ0) is 15.6. The van der Waals surface area contributed by atoms with E-state index in [0.29, 0.717) is 0 Å². The third-order valence-corrected chi connectivity index (χ3v) is 4.01. The van der Waals surface area contributed by atoms with Crippen LogP contribution in [0, 0.1) is 5.82 Å². The summed E-state index contributed by atoms with van der Waals surface area (Å²) >= 11 is 5.67. The van der Waals surface area contributed by atoms with E-state index < -0.39 is 26.7 Å². The first-order valence-electron chi connectivity index (χ1n) is 5.46. The Labute approximate surface area is 124 Å². The Morgan fingerprint density at radius 2 is 2.00 bits per heavy atom. The van der Waals surface area contributed by atoms with Crippen molar-refractivity contribution in [2.75, 3.05) is 4.72 Å². The molecule has 1 aromatic carbocycles. The van der Waals surface area contributed by atoms with Gasteiger partial charge in [0.1, 0.15) is 10.7 Å². The molecule has 0 saturated heterocycles. The average molecular weight is 331 g/mol. The first-order chi connectivity index (χ1) is 9.79. The van der Waals surface area contributed by atoms with Crippen molar-refractivity contribution in [3.8, 4) is 0 Å². The number of aromatic carboxylic acids is 1. The minimum atomic E-state index is -4.16. The largest absolute Gasteiger partial charge is 0.478 e.